The number of para-hydroxylation sites is 1. The quantitative estimate of drug-likeness (QED) is 0.324. The summed E-state index contributed by atoms with van der Waals surface area (Å²) in [5.41, 5.74) is 3.70. The number of nitrogens with one attached hydrogen (secondary N) is 1. The fraction of sp³-hybridized carbons (Fsp3) is 0.562. The van der Waals surface area contributed by atoms with E-state index in [4.69, 9.17) is 9.47 Å². The Balaban J connectivity index is 1.29. The summed E-state index contributed by atoms with van der Waals surface area (Å²) in [6.45, 7) is 5.92. The van der Waals surface area contributed by atoms with E-state index in [-0.39, 0.29) is 24.8 Å². The Morgan fingerprint density at radius 3 is 2.36 bits per heavy atom. The molecule has 2 N–H and O–H groups in total. The number of carboxylic acids is 1. The lowest BCUT2D eigenvalue weighted by Crippen LogP contribution is -2.41. The van der Waals surface area contributed by atoms with Gasteiger partial charge in [-0.2, -0.15) is 0 Å². The maximum atomic E-state index is 13.3. The summed E-state index contributed by atoms with van der Waals surface area (Å²) in [6.07, 6.45) is 9.97. The summed E-state index contributed by atoms with van der Waals surface area (Å²) in [4.78, 5) is 26.9. The van der Waals surface area contributed by atoms with Gasteiger partial charge in [0.1, 0.15) is 0 Å². The highest BCUT2D eigenvalue weighted by Gasteiger charge is 2.26. The highest BCUT2D eigenvalue weighted by Crippen LogP contribution is 2.27. The first kappa shape index (κ1) is 29.1. The molecule has 2 fully saturated rings. The predicted molar refractivity (Wildman–Crippen MR) is 153 cm³/mol. The summed E-state index contributed by atoms with van der Waals surface area (Å²) in [5, 5.41) is 12.7. The molecule has 7 heteroatoms. The summed E-state index contributed by atoms with van der Waals surface area (Å²) >= 11 is 0. The smallest absolute Gasteiger partial charge is 0.336 e. The molecule has 2 aliphatic rings. The Hall–Kier alpha value is -2.90. The van der Waals surface area contributed by atoms with Gasteiger partial charge in [0.25, 0.3) is 0 Å². The van der Waals surface area contributed by atoms with Crippen molar-refractivity contribution in [3.63, 3.8) is 0 Å². The van der Waals surface area contributed by atoms with Crippen molar-refractivity contribution in [1.82, 2.24) is 4.90 Å². The number of aromatic carboxylic acids is 1. The number of amides is 2. The van der Waals surface area contributed by atoms with Crippen LogP contribution in [0.15, 0.2) is 42.5 Å². The number of benzene rings is 2. The molecule has 0 bridgehead atoms. The Labute approximate surface area is 232 Å². The normalized spacial score (nSPS) is 19.9. The van der Waals surface area contributed by atoms with Crippen LogP contribution in [0, 0.1) is 19.8 Å². The van der Waals surface area contributed by atoms with E-state index in [2.05, 4.69) is 5.32 Å². The molecule has 0 radical (unpaired) electrons. The van der Waals surface area contributed by atoms with Crippen LogP contribution in [0.25, 0.3) is 0 Å². The van der Waals surface area contributed by atoms with Gasteiger partial charge in [-0.3, -0.25) is 0 Å². The number of urea groups is 1. The number of carboxylic acid groups (broad SMARTS) is 1. The average molecular weight is 537 g/mol. The molecule has 2 atom stereocenters. The molecule has 7 nitrogen and oxygen atoms in total. The molecule has 0 spiro atoms. The van der Waals surface area contributed by atoms with Crippen LogP contribution in [-0.2, 0) is 16.1 Å². The third-order valence-electron chi connectivity index (χ3n) is 8.22. The van der Waals surface area contributed by atoms with Gasteiger partial charge >= 0.3 is 12.0 Å². The molecule has 2 aliphatic carbocycles. The van der Waals surface area contributed by atoms with E-state index in [1.165, 1.54) is 32.1 Å². The second-order valence-corrected chi connectivity index (χ2v) is 11.2. The van der Waals surface area contributed by atoms with Crippen LogP contribution in [0.2, 0.25) is 0 Å². The third-order valence-corrected chi connectivity index (χ3v) is 8.22. The average Bonchev–Trinajstić information content (AvgIpc) is 2.93. The van der Waals surface area contributed by atoms with E-state index in [1.54, 1.807) is 0 Å². The molecular formula is C32H44N2O5. The van der Waals surface area contributed by atoms with Gasteiger partial charge in [0.05, 0.1) is 31.0 Å². The molecule has 0 aromatic heterocycles. The fourth-order valence-corrected chi connectivity index (χ4v) is 5.96. The Bertz CT molecular complexity index is 1100. The molecule has 212 valence electrons. The molecule has 2 aromatic carbocycles. The zero-order valence-electron chi connectivity index (χ0n) is 23.5. The second kappa shape index (κ2) is 14.5. The number of anilines is 1. The molecule has 2 saturated carbocycles. The predicted octanol–water partition coefficient (Wildman–Crippen LogP) is 6.96. The van der Waals surface area contributed by atoms with Crippen LogP contribution < -0.4 is 5.32 Å². The molecule has 4 rings (SSSR count). The van der Waals surface area contributed by atoms with Crippen LogP contribution in [0.5, 0.6) is 0 Å². The largest absolute Gasteiger partial charge is 0.478 e. The molecule has 0 aliphatic heterocycles. The zero-order chi connectivity index (χ0) is 27.6. The van der Waals surface area contributed by atoms with E-state index >= 15 is 0 Å². The van der Waals surface area contributed by atoms with Crippen molar-refractivity contribution in [3.05, 3.63) is 64.7 Å². The summed E-state index contributed by atoms with van der Waals surface area (Å²) < 4.78 is 12.5. The SMILES string of the molecule is Cc1ccccc1NC(=O)N(CCO[C@H]1CCC[C@@H](OCc2cccc(C)c2C(=O)O)C1)CC1CCCCC1. The van der Waals surface area contributed by atoms with E-state index in [9.17, 15) is 14.7 Å². The van der Waals surface area contributed by atoms with Gasteiger partial charge < -0.3 is 24.8 Å². The number of aryl methyl sites for hydroxylation is 2. The number of hydrogen-bond acceptors (Lipinski definition) is 4. The van der Waals surface area contributed by atoms with Crippen molar-refractivity contribution in [1.29, 1.82) is 0 Å². The minimum atomic E-state index is -0.916. The maximum absolute atomic E-state index is 13.3. The van der Waals surface area contributed by atoms with Crippen molar-refractivity contribution in [2.45, 2.75) is 90.4 Å². The number of nitrogens with zero attached hydrogens (tertiary/aromatic N) is 1. The van der Waals surface area contributed by atoms with Crippen molar-refractivity contribution >= 4 is 17.7 Å². The van der Waals surface area contributed by atoms with Gasteiger partial charge in [0.2, 0.25) is 0 Å². The van der Waals surface area contributed by atoms with Gasteiger partial charge in [-0.25, -0.2) is 9.59 Å². The van der Waals surface area contributed by atoms with E-state index < -0.39 is 5.97 Å². The molecular weight excluding hydrogens is 492 g/mol. The van der Waals surface area contributed by atoms with Crippen LogP contribution in [0.4, 0.5) is 10.5 Å². The van der Waals surface area contributed by atoms with Crippen molar-refractivity contribution in [2.75, 3.05) is 25.0 Å². The van der Waals surface area contributed by atoms with Crippen molar-refractivity contribution < 1.29 is 24.2 Å². The van der Waals surface area contributed by atoms with E-state index in [0.29, 0.717) is 30.2 Å². The van der Waals surface area contributed by atoms with Crippen LogP contribution in [0.1, 0.15) is 84.8 Å². The van der Waals surface area contributed by atoms with Crippen LogP contribution in [0.3, 0.4) is 0 Å². The topological polar surface area (TPSA) is 88.1 Å². The molecule has 39 heavy (non-hydrogen) atoms. The number of rotatable bonds is 11. The summed E-state index contributed by atoms with van der Waals surface area (Å²) in [7, 11) is 0. The van der Waals surface area contributed by atoms with Crippen molar-refractivity contribution in [3.8, 4) is 0 Å². The first-order valence-corrected chi connectivity index (χ1v) is 14.6. The summed E-state index contributed by atoms with van der Waals surface area (Å²) in [6, 6.07) is 13.3. The fourth-order valence-electron chi connectivity index (χ4n) is 5.96. The molecule has 0 heterocycles. The zero-order valence-corrected chi connectivity index (χ0v) is 23.5. The Morgan fingerprint density at radius 2 is 1.62 bits per heavy atom. The lowest BCUT2D eigenvalue weighted by atomic mass is 9.89. The highest BCUT2D eigenvalue weighted by molar-refractivity contribution is 5.91. The van der Waals surface area contributed by atoms with E-state index in [0.717, 1.165) is 49.0 Å². The molecule has 2 amide bonds. The Morgan fingerprint density at radius 1 is 0.897 bits per heavy atom. The highest BCUT2D eigenvalue weighted by atomic mass is 16.5. The van der Waals surface area contributed by atoms with Crippen LogP contribution >= 0.6 is 0 Å². The van der Waals surface area contributed by atoms with Gasteiger partial charge in [0.15, 0.2) is 0 Å². The van der Waals surface area contributed by atoms with Gasteiger partial charge in [-0.05, 0) is 81.0 Å². The first-order chi connectivity index (χ1) is 18.9. The lowest BCUT2D eigenvalue weighted by Gasteiger charge is -2.32. The van der Waals surface area contributed by atoms with Gasteiger partial charge in [-0.15, -0.1) is 0 Å². The second-order valence-electron chi connectivity index (χ2n) is 11.2. The first-order valence-electron chi connectivity index (χ1n) is 14.6. The summed E-state index contributed by atoms with van der Waals surface area (Å²) in [5.74, 6) is -0.369. The maximum Gasteiger partial charge on any atom is 0.336 e. The van der Waals surface area contributed by atoms with E-state index in [1.807, 2.05) is 61.2 Å². The number of carbonyl (C=O) groups is 2. The van der Waals surface area contributed by atoms with Gasteiger partial charge in [0, 0.05) is 18.8 Å². The molecule has 0 unspecified atom stereocenters. The lowest BCUT2D eigenvalue weighted by molar-refractivity contribution is -0.0526. The molecule has 2 aromatic rings. The number of carbonyl (C=O) groups excluding carboxylic acids is 1. The minimum Gasteiger partial charge on any atom is -0.478 e. The monoisotopic (exact) mass is 536 g/mol. The van der Waals surface area contributed by atoms with Crippen molar-refractivity contribution in [2.24, 2.45) is 5.92 Å². The van der Waals surface area contributed by atoms with Crippen LogP contribution in [-0.4, -0.2) is 53.9 Å². The number of hydrogen-bond donors (Lipinski definition) is 2. The standard InChI is InChI=1S/C32H44N2O5/c1-23-10-6-7-17-29(23)33-32(37)34(21-25-12-4-3-5-13-25)18-19-38-27-15-9-16-28(20-27)39-22-26-14-8-11-24(2)30(26)31(35)36/h6-8,10-11,14,17,25,27-28H,3-5,9,12-13,15-16,18-22H2,1-2H3,(H,33,37)(H,35,36)/t27-,28+/m0/s1. The number of ether oxygens (including phenoxy) is 2. The third kappa shape index (κ3) is 8.54. The molecule has 0 saturated heterocycles. The minimum absolute atomic E-state index is 0.0357. The van der Waals surface area contributed by atoms with Gasteiger partial charge in [-0.1, -0.05) is 55.7 Å². The Kier molecular flexibility index (Phi) is 10.8.